The number of hydrogen-bond acceptors (Lipinski definition) is 3. The summed E-state index contributed by atoms with van der Waals surface area (Å²) in [5.41, 5.74) is -0.0911. The fourth-order valence-electron chi connectivity index (χ4n) is 1.50. The van der Waals surface area contributed by atoms with Gasteiger partial charge in [-0.1, -0.05) is 13.8 Å². The Morgan fingerprint density at radius 3 is 2.44 bits per heavy atom. The molecule has 0 aliphatic carbocycles. The van der Waals surface area contributed by atoms with Gasteiger partial charge in [0.1, 0.15) is 0 Å². The van der Waals surface area contributed by atoms with Crippen LogP contribution in [0.3, 0.4) is 0 Å². The van der Waals surface area contributed by atoms with E-state index in [1.54, 1.807) is 19.9 Å². The monoisotopic (exact) mass is 224 g/mol. The van der Waals surface area contributed by atoms with Crippen molar-refractivity contribution in [2.24, 2.45) is 0 Å². The van der Waals surface area contributed by atoms with Gasteiger partial charge in [-0.15, -0.1) is 0 Å². The maximum absolute atomic E-state index is 12.0. The number of hydrogen-bond donors (Lipinski definition) is 1. The SMILES string of the molecule is CCn1nc(C(C)C)cc(C(C)(C)O)c1=O. The van der Waals surface area contributed by atoms with Crippen molar-refractivity contribution < 1.29 is 5.11 Å². The molecule has 1 N–H and O–H groups in total. The number of aryl methyl sites for hydroxylation is 1. The summed E-state index contributed by atoms with van der Waals surface area (Å²) in [6.07, 6.45) is 0. The summed E-state index contributed by atoms with van der Waals surface area (Å²) in [5, 5.41) is 14.2. The van der Waals surface area contributed by atoms with Crippen molar-refractivity contribution in [1.82, 2.24) is 9.78 Å². The molecular formula is C12H20N2O2. The quantitative estimate of drug-likeness (QED) is 0.848. The molecule has 0 aliphatic heterocycles. The first kappa shape index (κ1) is 12.9. The van der Waals surface area contributed by atoms with Crippen molar-refractivity contribution in [3.05, 3.63) is 27.7 Å². The number of aromatic nitrogens is 2. The van der Waals surface area contributed by atoms with Gasteiger partial charge in [-0.2, -0.15) is 5.10 Å². The first-order valence-electron chi connectivity index (χ1n) is 5.62. The zero-order valence-electron chi connectivity index (χ0n) is 10.6. The van der Waals surface area contributed by atoms with E-state index in [0.29, 0.717) is 12.1 Å². The van der Waals surface area contributed by atoms with Crippen LogP contribution in [0.15, 0.2) is 10.9 Å². The Morgan fingerprint density at radius 2 is 2.06 bits per heavy atom. The van der Waals surface area contributed by atoms with Crippen LogP contribution in [0.4, 0.5) is 0 Å². The zero-order chi connectivity index (χ0) is 12.5. The minimum absolute atomic E-state index is 0.209. The first-order valence-corrected chi connectivity index (χ1v) is 5.62. The van der Waals surface area contributed by atoms with Crippen LogP contribution in [0.5, 0.6) is 0 Å². The molecule has 0 saturated carbocycles. The highest BCUT2D eigenvalue weighted by molar-refractivity contribution is 5.21. The summed E-state index contributed by atoms with van der Waals surface area (Å²) in [7, 11) is 0. The van der Waals surface area contributed by atoms with Gasteiger partial charge in [0.25, 0.3) is 5.56 Å². The van der Waals surface area contributed by atoms with Crippen LogP contribution >= 0.6 is 0 Å². The Morgan fingerprint density at radius 1 is 1.50 bits per heavy atom. The Bertz CT molecular complexity index is 428. The van der Waals surface area contributed by atoms with Gasteiger partial charge < -0.3 is 5.11 Å². The highest BCUT2D eigenvalue weighted by atomic mass is 16.3. The molecule has 0 aromatic carbocycles. The van der Waals surface area contributed by atoms with Crippen molar-refractivity contribution in [1.29, 1.82) is 0 Å². The van der Waals surface area contributed by atoms with E-state index in [-0.39, 0.29) is 11.5 Å². The average molecular weight is 224 g/mol. The van der Waals surface area contributed by atoms with Crippen molar-refractivity contribution in [3.8, 4) is 0 Å². The van der Waals surface area contributed by atoms with Crippen molar-refractivity contribution in [2.45, 2.75) is 52.7 Å². The van der Waals surface area contributed by atoms with Gasteiger partial charge in [0.2, 0.25) is 0 Å². The van der Waals surface area contributed by atoms with Crippen LogP contribution in [0, 0.1) is 0 Å². The molecule has 0 fully saturated rings. The lowest BCUT2D eigenvalue weighted by molar-refractivity contribution is 0.0759. The van der Waals surface area contributed by atoms with Crippen LogP contribution in [0.1, 0.15) is 51.8 Å². The van der Waals surface area contributed by atoms with E-state index in [0.717, 1.165) is 5.69 Å². The van der Waals surface area contributed by atoms with Crippen molar-refractivity contribution in [2.75, 3.05) is 0 Å². The Labute approximate surface area is 95.9 Å². The first-order chi connectivity index (χ1) is 7.27. The largest absolute Gasteiger partial charge is 0.386 e. The standard InChI is InChI=1S/C12H20N2O2/c1-6-14-11(15)9(12(4,5)16)7-10(13-14)8(2)3/h7-8,16H,6H2,1-5H3. The molecule has 1 aromatic heterocycles. The van der Waals surface area contributed by atoms with Gasteiger partial charge in [0, 0.05) is 6.54 Å². The second kappa shape index (κ2) is 4.37. The number of nitrogens with zero attached hydrogens (tertiary/aromatic N) is 2. The van der Waals surface area contributed by atoms with E-state index in [1.165, 1.54) is 4.68 Å². The minimum atomic E-state index is -1.12. The molecule has 0 saturated heterocycles. The van der Waals surface area contributed by atoms with Gasteiger partial charge in [-0.3, -0.25) is 4.79 Å². The molecule has 0 unspecified atom stereocenters. The molecular weight excluding hydrogens is 204 g/mol. The van der Waals surface area contributed by atoms with Gasteiger partial charge in [-0.25, -0.2) is 4.68 Å². The number of aliphatic hydroxyl groups is 1. The highest BCUT2D eigenvalue weighted by Gasteiger charge is 2.23. The molecule has 0 aliphatic rings. The lowest BCUT2D eigenvalue weighted by Crippen LogP contribution is -2.34. The molecule has 1 aromatic rings. The van der Waals surface area contributed by atoms with E-state index < -0.39 is 5.60 Å². The summed E-state index contributed by atoms with van der Waals surface area (Å²) in [4.78, 5) is 12.0. The zero-order valence-corrected chi connectivity index (χ0v) is 10.6. The summed E-state index contributed by atoms with van der Waals surface area (Å²) >= 11 is 0. The number of rotatable bonds is 3. The van der Waals surface area contributed by atoms with Crippen LogP contribution in [-0.4, -0.2) is 14.9 Å². The normalized spacial score (nSPS) is 12.2. The van der Waals surface area contributed by atoms with Crippen molar-refractivity contribution >= 4 is 0 Å². The molecule has 0 radical (unpaired) electrons. The summed E-state index contributed by atoms with van der Waals surface area (Å²) < 4.78 is 1.41. The van der Waals surface area contributed by atoms with Crippen molar-refractivity contribution in [3.63, 3.8) is 0 Å². The molecule has 4 nitrogen and oxygen atoms in total. The lowest BCUT2D eigenvalue weighted by Gasteiger charge is -2.19. The van der Waals surface area contributed by atoms with Gasteiger partial charge >= 0.3 is 0 Å². The topological polar surface area (TPSA) is 55.1 Å². The molecule has 0 amide bonds. The summed E-state index contributed by atoms with van der Waals surface area (Å²) in [5.74, 6) is 0.236. The Balaban J connectivity index is 3.49. The molecule has 90 valence electrons. The van der Waals surface area contributed by atoms with Gasteiger partial charge in [0.05, 0.1) is 16.9 Å². The third-order valence-corrected chi connectivity index (χ3v) is 2.54. The minimum Gasteiger partial charge on any atom is -0.386 e. The van der Waals surface area contributed by atoms with E-state index in [1.807, 2.05) is 20.8 Å². The van der Waals surface area contributed by atoms with Crippen LogP contribution in [-0.2, 0) is 12.1 Å². The van der Waals surface area contributed by atoms with E-state index in [2.05, 4.69) is 5.10 Å². The molecule has 0 bridgehead atoms. The van der Waals surface area contributed by atoms with E-state index >= 15 is 0 Å². The second-order valence-corrected chi connectivity index (χ2v) is 4.82. The lowest BCUT2D eigenvalue weighted by atomic mass is 9.98. The Hall–Kier alpha value is -1.16. The molecule has 4 heteroatoms. The maximum Gasteiger partial charge on any atom is 0.272 e. The smallest absolute Gasteiger partial charge is 0.272 e. The van der Waals surface area contributed by atoms with E-state index in [9.17, 15) is 9.90 Å². The molecule has 1 heterocycles. The fourth-order valence-corrected chi connectivity index (χ4v) is 1.50. The Kier molecular flexibility index (Phi) is 3.53. The molecule has 1 rings (SSSR count). The summed E-state index contributed by atoms with van der Waals surface area (Å²) in [6, 6.07) is 1.71. The van der Waals surface area contributed by atoms with Gasteiger partial charge in [-0.05, 0) is 32.8 Å². The maximum atomic E-state index is 12.0. The molecule has 16 heavy (non-hydrogen) atoms. The van der Waals surface area contributed by atoms with Crippen LogP contribution in [0.25, 0.3) is 0 Å². The molecule has 0 spiro atoms. The van der Waals surface area contributed by atoms with Gasteiger partial charge in [0.15, 0.2) is 0 Å². The highest BCUT2D eigenvalue weighted by Crippen LogP contribution is 2.19. The third-order valence-electron chi connectivity index (χ3n) is 2.54. The fraction of sp³-hybridized carbons (Fsp3) is 0.667. The summed E-state index contributed by atoms with van der Waals surface area (Å²) in [6.45, 7) is 9.65. The van der Waals surface area contributed by atoms with Crippen LogP contribution in [0.2, 0.25) is 0 Å². The second-order valence-electron chi connectivity index (χ2n) is 4.82. The average Bonchev–Trinajstić information content (AvgIpc) is 2.15. The van der Waals surface area contributed by atoms with E-state index in [4.69, 9.17) is 0 Å². The van der Waals surface area contributed by atoms with Crippen LogP contribution < -0.4 is 5.56 Å². The molecule has 0 atom stereocenters. The third kappa shape index (κ3) is 2.50. The predicted molar refractivity (Wildman–Crippen MR) is 63.5 cm³/mol. The predicted octanol–water partition coefficient (Wildman–Crippen LogP) is 1.61.